The van der Waals surface area contributed by atoms with Gasteiger partial charge in [0, 0.05) is 41.4 Å². The lowest BCUT2D eigenvalue weighted by atomic mass is 9.94. The van der Waals surface area contributed by atoms with E-state index in [1.54, 1.807) is 60.7 Å². The number of para-hydroxylation sites is 2. The highest BCUT2D eigenvalue weighted by molar-refractivity contribution is 6.25. The molecule has 4 aromatic carbocycles. The monoisotopic (exact) mass is 479 g/mol. The average molecular weight is 479 g/mol. The Morgan fingerprint density at radius 2 is 1.42 bits per heavy atom. The Balaban J connectivity index is 1.40. The van der Waals surface area contributed by atoms with Gasteiger partial charge in [-0.3, -0.25) is 29.4 Å². The fraction of sp³-hybridized carbons (Fsp3) is 0.107. The minimum Gasteiger partial charge on any atom is -0.308 e. The molecule has 0 saturated carbocycles. The Morgan fingerprint density at radius 3 is 2.06 bits per heavy atom. The lowest BCUT2D eigenvalue weighted by Crippen LogP contribution is -2.42. The van der Waals surface area contributed by atoms with Crippen LogP contribution < -0.4 is 4.90 Å². The Hall–Kier alpha value is -4.85. The molecule has 0 atom stereocenters. The van der Waals surface area contributed by atoms with Crippen molar-refractivity contribution in [2.24, 2.45) is 0 Å². The zero-order valence-electron chi connectivity index (χ0n) is 19.2. The summed E-state index contributed by atoms with van der Waals surface area (Å²) in [6.45, 7) is 0.244. The standard InChI is InChI=1S/C28H21N3O5/c32-26(21-13-4-5-16-24(21)31(35)36)29(20-11-2-1-3-12-20)17-8-18-30-27(33)22-14-6-9-19-10-7-15-23(25(19)22)28(30)34/h1-7,9-16H,8,17-18H2. The molecule has 0 bridgehead atoms. The molecule has 0 spiro atoms. The number of carbonyl (C=O) groups excluding carboxylic acids is 3. The highest BCUT2D eigenvalue weighted by atomic mass is 16.6. The number of hydrogen-bond acceptors (Lipinski definition) is 5. The fourth-order valence-corrected chi connectivity index (χ4v) is 4.59. The first-order valence-electron chi connectivity index (χ1n) is 11.5. The number of carbonyl (C=O) groups is 3. The van der Waals surface area contributed by atoms with E-state index >= 15 is 0 Å². The molecule has 1 aliphatic heterocycles. The molecule has 8 nitrogen and oxygen atoms in total. The number of imide groups is 1. The van der Waals surface area contributed by atoms with Crippen LogP contribution >= 0.6 is 0 Å². The van der Waals surface area contributed by atoms with Crippen molar-refractivity contribution in [3.05, 3.63) is 118 Å². The summed E-state index contributed by atoms with van der Waals surface area (Å²) in [5, 5.41) is 13.0. The topological polar surface area (TPSA) is 101 Å². The van der Waals surface area contributed by atoms with Gasteiger partial charge in [-0.25, -0.2) is 0 Å². The molecule has 1 aliphatic rings. The van der Waals surface area contributed by atoms with Crippen LogP contribution in [-0.2, 0) is 0 Å². The van der Waals surface area contributed by atoms with Gasteiger partial charge in [0.05, 0.1) is 4.92 Å². The van der Waals surface area contributed by atoms with Gasteiger partial charge in [0.25, 0.3) is 23.4 Å². The molecule has 36 heavy (non-hydrogen) atoms. The second-order valence-corrected chi connectivity index (χ2v) is 8.39. The van der Waals surface area contributed by atoms with E-state index in [-0.39, 0.29) is 42.6 Å². The summed E-state index contributed by atoms with van der Waals surface area (Å²) in [6, 6.07) is 25.3. The number of amides is 3. The van der Waals surface area contributed by atoms with E-state index in [9.17, 15) is 24.5 Å². The van der Waals surface area contributed by atoms with Crippen molar-refractivity contribution in [3.63, 3.8) is 0 Å². The normalized spacial score (nSPS) is 12.6. The smallest absolute Gasteiger partial charge is 0.282 e. The van der Waals surface area contributed by atoms with E-state index in [2.05, 4.69) is 0 Å². The average Bonchev–Trinajstić information content (AvgIpc) is 2.91. The van der Waals surface area contributed by atoms with Crippen LogP contribution in [0.15, 0.2) is 91.0 Å². The number of nitro benzene ring substituents is 1. The third-order valence-corrected chi connectivity index (χ3v) is 6.26. The van der Waals surface area contributed by atoms with E-state index in [1.165, 1.54) is 28.0 Å². The zero-order chi connectivity index (χ0) is 25.2. The van der Waals surface area contributed by atoms with Gasteiger partial charge < -0.3 is 4.90 Å². The van der Waals surface area contributed by atoms with Gasteiger partial charge in [-0.15, -0.1) is 0 Å². The molecular formula is C28H21N3O5. The van der Waals surface area contributed by atoms with Gasteiger partial charge in [0.15, 0.2) is 0 Å². The second kappa shape index (κ2) is 9.42. The molecule has 178 valence electrons. The molecule has 4 aromatic rings. The lowest BCUT2D eigenvalue weighted by molar-refractivity contribution is -0.385. The number of nitro groups is 1. The molecule has 0 radical (unpaired) electrons. The number of hydrogen-bond donors (Lipinski definition) is 0. The largest absolute Gasteiger partial charge is 0.308 e. The van der Waals surface area contributed by atoms with Crippen LogP contribution in [-0.4, -0.2) is 40.6 Å². The van der Waals surface area contributed by atoms with Crippen LogP contribution in [0.3, 0.4) is 0 Å². The first kappa shape index (κ1) is 22.9. The molecule has 0 N–H and O–H groups in total. The Bertz CT molecular complexity index is 1470. The third kappa shape index (κ3) is 3.98. The van der Waals surface area contributed by atoms with Gasteiger partial charge in [0.1, 0.15) is 5.56 Å². The summed E-state index contributed by atoms with van der Waals surface area (Å²) in [6.07, 6.45) is 0.289. The SMILES string of the molecule is O=C1c2cccc3cccc(c23)C(=O)N1CCCN(C(=O)c1ccccc1[N+](=O)[O-])c1ccccc1. The van der Waals surface area contributed by atoms with Gasteiger partial charge in [-0.1, -0.05) is 54.6 Å². The van der Waals surface area contributed by atoms with Crippen LogP contribution in [0.25, 0.3) is 10.8 Å². The van der Waals surface area contributed by atoms with Crippen LogP contribution in [0.5, 0.6) is 0 Å². The highest BCUT2D eigenvalue weighted by Crippen LogP contribution is 2.30. The van der Waals surface area contributed by atoms with E-state index in [4.69, 9.17) is 0 Å². The maximum atomic E-state index is 13.4. The highest BCUT2D eigenvalue weighted by Gasteiger charge is 2.33. The minimum absolute atomic E-state index is 0.0305. The maximum Gasteiger partial charge on any atom is 0.282 e. The molecule has 0 aliphatic carbocycles. The summed E-state index contributed by atoms with van der Waals surface area (Å²) >= 11 is 0. The van der Waals surface area contributed by atoms with Gasteiger partial charge in [-0.05, 0) is 42.1 Å². The predicted molar refractivity (Wildman–Crippen MR) is 135 cm³/mol. The van der Waals surface area contributed by atoms with Crippen molar-refractivity contribution < 1.29 is 19.3 Å². The summed E-state index contributed by atoms with van der Waals surface area (Å²) in [5.41, 5.74) is 1.19. The van der Waals surface area contributed by atoms with E-state index < -0.39 is 10.8 Å². The van der Waals surface area contributed by atoms with E-state index in [0.29, 0.717) is 22.2 Å². The fourth-order valence-electron chi connectivity index (χ4n) is 4.59. The molecule has 5 rings (SSSR count). The lowest BCUT2D eigenvalue weighted by Gasteiger charge is -2.28. The summed E-state index contributed by atoms with van der Waals surface area (Å²) in [5.74, 6) is -1.28. The first-order valence-corrected chi connectivity index (χ1v) is 11.5. The van der Waals surface area contributed by atoms with Crippen LogP contribution in [0, 0.1) is 10.1 Å². The summed E-state index contributed by atoms with van der Waals surface area (Å²) in [4.78, 5) is 53.4. The molecule has 8 heteroatoms. The van der Waals surface area contributed by atoms with Crippen molar-refractivity contribution in [1.82, 2.24) is 4.90 Å². The van der Waals surface area contributed by atoms with Crippen LogP contribution in [0.2, 0.25) is 0 Å². The molecule has 3 amide bonds. The number of anilines is 1. The van der Waals surface area contributed by atoms with Gasteiger partial charge >= 0.3 is 0 Å². The predicted octanol–water partition coefficient (Wildman–Crippen LogP) is 5.08. The van der Waals surface area contributed by atoms with Crippen LogP contribution in [0.4, 0.5) is 11.4 Å². The third-order valence-electron chi connectivity index (χ3n) is 6.26. The number of nitrogens with zero attached hydrogens (tertiary/aromatic N) is 3. The summed E-state index contributed by atoms with van der Waals surface area (Å²) in [7, 11) is 0. The van der Waals surface area contributed by atoms with Crippen molar-refractivity contribution in [3.8, 4) is 0 Å². The Kier molecular flexibility index (Phi) is 6.00. The van der Waals surface area contributed by atoms with Crippen molar-refractivity contribution in [1.29, 1.82) is 0 Å². The molecule has 0 fully saturated rings. The number of rotatable bonds is 7. The van der Waals surface area contributed by atoms with Crippen LogP contribution in [0.1, 0.15) is 37.5 Å². The van der Waals surface area contributed by atoms with Crippen molar-refractivity contribution in [2.45, 2.75) is 6.42 Å². The first-order chi connectivity index (χ1) is 17.5. The van der Waals surface area contributed by atoms with Gasteiger partial charge in [0.2, 0.25) is 0 Å². The van der Waals surface area contributed by atoms with E-state index in [0.717, 1.165) is 5.39 Å². The molecular weight excluding hydrogens is 458 g/mol. The molecule has 0 aromatic heterocycles. The second-order valence-electron chi connectivity index (χ2n) is 8.39. The molecule has 0 saturated heterocycles. The molecule has 0 unspecified atom stereocenters. The summed E-state index contributed by atoms with van der Waals surface area (Å²) < 4.78 is 0. The Morgan fingerprint density at radius 1 is 0.806 bits per heavy atom. The quantitative estimate of drug-likeness (QED) is 0.209. The van der Waals surface area contributed by atoms with Crippen molar-refractivity contribution >= 4 is 39.9 Å². The minimum atomic E-state index is -0.584. The zero-order valence-corrected chi connectivity index (χ0v) is 19.2. The van der Waals surface area contributed by atoms with E-state index in [1.807, 2.05) is 12.1 Å². The molecule has 1 heterocycles. The van der Waals surface area contributed by atoms with Crippen molar-refractivity contribution in [2.75, 3.05) is 18.0 Å². The maximum absolute atomic E-state index is 13.4. The van der Waals surface area contributed by atoms with Gasteiger partial charge in [-0.2, -0.15) is 0 Å². The Labute approximate surface area is 206 Å². The number of benzene rings is 4.